The molecule has 0 radical (unpaired) electrons. The van der Waals surface area contributed by atoms with Crippen molar-refractivity contribution < 1.29 is 17.9 Å². The Morgan fingerprint density at radius 2 is 1.81 bits per heavy atom. The highest BCUT2D eigenvalue weighted by atomic mass is 79.9. The Hall–Kier alpha value is -1.61. The summed E-state index contributed by atoms with van der Waals surface area (Å²) in [7, 11) is -3.78. The number of hydrogen-bond donors (Lipinski definition) is 1. The number of rotatable bonds is 6. The third-order valence-electron chi connectivity index (χ3n) is 5.39. The molecule has 1 amide bonds. The van der Waals surface area contributed by atoms with Crippen LogP contribution in [0.2, 0.25) is 5.02 Å². The maximum Gasteiger partial charge on any atom is 0.246 e. The molecule has 1 fully saturated rings. The van der Waals surface area contributed by atoms with Gasteiger partial charge in [0.2, 0.25) is 15.9 Å². The molecule has 0 saturated carbocycles. The quantitative estimate of drug-likeness (QED) is 0.561. The summed E-state index contributed by atoms with van der Waals surface area (Å²) in [5.74, 6) is -0.0455. The van der Waals surface area contributed by atoms with Crippen LogP contribution < -0.4 is 10.1 Å². The molecule has 168 valence electrons. The first-order valence-corrected chi connectivity index (χ1v) is 12.7. The van der Waals surface area contributed by atoms with E-state index in [9.17, 15) is 13.2 Å². The smallest absolute Gasteiger partial charge is 0.246 e. The molecule has 0 bridgehead atoms. The van der Waals surface area contributed by atoms with Crippen LogP contribution in [-0.2, 0) is 14.8 Å². The monoisotopic (exact) mass is 528 g/mol. The molecule has 9 heteroatoms. The number of nitrogens with one attached hydrogen (secondary N) is 1. The molecule has 3 rings (SSSR count). The lowest BCUT2D eigenvalue weighted by Crippen LogP contribution is -2.41. The van der Waals surface area contributed by atoms with Crippen molar-refractivity contribution in [3.05, 3.63) is 51.0 Å². The van der Waals surface area contributed by atoms with E-state index < -0.39 is 10.0 Å². The summed E-state index contributed by atoms with van der Waals surface area (Å²) in [6.45, 7) is 6.56. The van der Waals surface area contributed by atoms with Crippen LogP contribution in [0.1, 0.15) is 30.9 Å². The summed E-state index contributed by atoms with van der Waals surface area (Å²) in [6, 6.07) is 8.51. The lowest BCUT2D eigenvalue weighted by Gasteiger charge is -2.31. The summed E-state index contributed by atoms with van der Waals surface area (Å²) in [5, 5.41) is 3.36. The molecule has 31 heavy (non-hydrogen) atoms. The highest BCUT2D eigenvalue weighted by Crippen LogP contribution is 2.33. The number of halogens is 2. The Kier molecular flexibility index (Phi) is 7.68. The van der Waals surface area contributed by atoms with Crippen molar-refractivity contribution in [1.29, 1.82) is 0 Å². The van der Waals surface area contributed by atoms with Crippen molar-refractivity contribution in [3.8, 4) is 5.75 Å². The van der Waals surface area contributed by atoms with Gasteiger partial charge < -0.3 is 10.1 Å². The topological polar surface area (TPSA) is 75.7 Å². The van der Waals surface area contributed by atoms with Crippen LogP contribution in [0.5, 0.6) is 5.75 Å². The van der Waals surface area contributed by atoms with Gasteiger partial charge in [-0.2, -0.15) is 4.31 Å². The van der Waals surface area contributed by atoms with Crippen molar-refractivity contribution in [3.63, 3.8) is 0 Å². The summed E-state index contributed by atoms with van der Waals surface area (Å²) < 4.78 is 34.3. The van der Waals surface area contributed by atoms with E-state index in [0.717, 1.165) is 21.3 Å². The molecule has 6 nitrogen and oxygen atoms in total. The molecule has 0 unspecified atom stereocenters. The van der Waals surface area contributed by atoms with Crippen molar-refractivity contribution in [2.45, 2.75) is 38.5 Å². The average molecular weight is 530 g/mol. The van der Waals surface area contributed by atoms with Crippen LogP contribution in [-0.4, -0.2) is 38.3 Å². The Labute approximate surface area is 197 Å². The van der Waals surface area contributed by atoms with Crippen LogP contribution in [0.25, 0.3) is 0 Å². The molecule has 2 aromatic carbocycles. The van der Waals surface area contributed by atoms with Crippen molar-refractivity contribution in [1.82, 2.24) is 4.31 Å². The van der Waals surface area contributed by atoms with E-state index in [1.165, 1.54) is 10.4 Å². The van der Waals surface area contributed by atoms with E-state index in [2.05, 4.69) is 21.2 Å². The predicted octanol–water partition coefficient (Wildman–Crippen LogP) is 5.16. The van der Waals surface area contributed by atoms with E-state index in [4.69, 9.17) is 16.3 Å². The molecule has 0 spiro atoms. The SMILES string of the molecule is CCOc1ccc(Cl)cc1S(=O)(=O)N1CCC(C(=O)Nc2c(C)cc(Br)cc2C)CC1. The first-order chi connectivity index (χ1) is 14.6. The van der Waals surface area contributed by atoms with Crippen molar-refractivity contribution in [2.24, 2.45) is 5.92 Å². The fourth-order valence-corrected chi connectivity index (χ4v) is 6.34. The van der Waals surface area contributed by atoms with Gasteiger partial charge in [-0.15, -0.1) is 0 Å². The molecule has 0 aromatic heterocycles. The molecule has 1 saturated heterocycles. The standard InChI is InChI=1S/C22H26BrClN2O4S/c1-4-30-19-6-5-18(24)13-20(19)31(28,29)26-9-7-16(8-10-26)22(27)25-21-14(2)11-17(23)12-15(21)3/h5-6,11-13,16H,4,7-10H2,1-3H3,(H,25,27). The summed E-state index contributed by atoms with van der Waals surface area (Å²) in [5.41, 5.74) is 2.76. The number of sulfonamides is 1. The summed E-state index contributed by atoms with van der Waals surface area (Å²) in [6.07, 6.45) is 0.897. The third-order valence-corrected chi connectivity index (χ3v) is 8.01. The number of carbonyl (C=O) groups excluding carboxylic acids is 1. The second kappa shape index (κ2) is 9.90. The first-order valence-electron chi connectivity index (χ1n) is 10.1. The number of carbonyl (C=O) groups is 1. The zero-order valence-electron chi connectivity index (χ0n) is 17.7. The minimum absolute atomic E-state index is 0.0610. The van der Waals surface area contributed by atoms with E-state index in [0.29, 0.717) is 24.5 Å². The van der Waals surface area contributed by atoms with Gasteiger partial charge in [0.15, 0.2) is 0 Å². The van der Waals surface area contributed by atoms with Crippen molar-refractivity contribution >= 4 is 49.1 Å². The Bertz CT molecular complexity index is 1060. The normalized spacial score (nSPS) is 15.6. The minimum atomic E-state index is -3.78. The van der Waals surface area contributed by atoms with Crippen molar-refractivity contribution in [2.75, 3.05) is 25.0 Å². The van der Waals surface area contributed by atoms with Gasteiger partial charge in [-0.1, -0.05) is 27.5 Å². The Morgan fingerprint density at radius 1 is 1.19 bits per heavy atom. The van der Waals surface area contributed by atoms with E-state index in [-0.39, 0.29) is 35.6 Å². The summed E-state index contributed by atoms with van der Waals surface area (Å²) >= 11 is 9.51. The Morgan fingerprint density at radius 3 is 2.39 bits per heavy atom. The molecule has 1 aliphatic heterocycles. The molecule has 0 aliphatic carbocycles. The van der Waals surface area contributed by atoms with Crippen LogP contribution in [0.15, 0.2) is 39.7 Å². The minimum Gasteiger partial charge on any atom is -0.492 e. The van der Waals surface area contributed by atoms with E-state index in [1.54, 1.807) is 19.1 Å². The number of anilines is 1. The van der Waals surface area contributed by atoms with Gasteiger partial charge in [0.1, 0.15) is 10.6 Å². The zero-order valence-corrected chi connectivity index (χ0v) is 20.9. The van der Waals surface area contributed by atoms with Crippen LogP contribution in [0.4, 0.5) is 5.69 Å². The molecule has 1 heterocycles. The van der Waals surface area contributed by atoms with Gasteiger partial charge in [-0.3, -0.25) is 4.79 Å². The highest BCUT2D eigenvalue weighted by molar-refractivity contribution is 9.10. The fourth-order valence-electron chi connectivity index (χ4n) is 3.79. The van der Waals surface area contributed by atoms with Gasteiger partial charge >= 0.3 is 0 Å². The molecule has 0 atom stereocenters. The van der Waals surface area contributed by atoms with E-state index >= 15 is 0 Å². The lowest BCUT2D eigenvalue weighted by atomic mass is 9.96. The van der Waals surface area contributed by atoms with Crippen LogP contribution >= 0.6 is 27.5 Å². The van der Waals surface area contributed by atoms with Gasteiger partial charge in [0.05, 0.1) is 6.61 Å². The second-order valence-corrected chi connectivity index (χ2v) is 10.9. The number of piperidine rings is 1. The van der Waals surface area contributed by atoms with Gasteiger partial charge in [0.25, 0.3) is 0 Å². The van der Waals surface area contributed by atoms with Crippen LogP contribution in [0, 0.1) is 19.8 Å². The first kappa shape index (κ1) is 24.0. The number of hydrogen-bond acceptors (Lipinski definition) is 4. The van der Waals surface area contributed by atoms with Crippen LogP contribution in [0.3, 0.4) is 0 Å². The molecule has 1 N–H and O–H groups in total. The number of aryl methyl sites for hydroxylation is 2. The fraction of sp³-hybridized carbons (Fsp3) is 0.409. The molecular formula is C22H26BrClN2O4S. The Balaban J connectivity index is 1.71. The number of amides is 1. The largest absolute Gasteiger partial charge is 0.492 e. The average Bonchev–Trinajstić information content (AvgIpc) is 2.72. The molecule has 1 aliphatic rings. The van der Waals surface area contributed by atoms with Gasteiger partial charge in [0, 0.05) is 34.2 Å². The highest BCUT2D eigenvalue weighted by Gasteiger charge is 2.34. The number of benzene rings is 2. The van der Waals surface area contributed by atoms with Gasteiger partial charge in [-0.25, -0.2) is 8.42 Å². The zero-order chi connectivity index (χ0) is 22.8. The summed E-state index contributed by atoms with van der Waals surface area (Å²) in [4.78, 5) is 12.9. The maximum atomic E-state index is 13.2. The van der Waals surface area contributed by atoms with E-state index in [1.807, 2.05) is 26.0 Å². The molecule has 2 aromatic rings. The maximum absolute atomic E-state index is 13.2. The lowest BCUT2D eigenvalue weighted by molar-refractivity contribution is -0.120. The number of nitrogens with zero attached hydrogens (tertiary/aromatic N) is 1. The second-order valence-electron chi connectivity index (χ2n) is 7.61. The number of ether oxygens (including phenoxy) is 1. The predicted molar refractivity (Wildman–Crippen MR) is 126 cm³/mol. The third kappa shape index (κ3) is 5.42. The van der Waals surface area contributed by atoms with Gasteiger partial charge in [-0.05, 0) is 75.1 Å². The molecular weight excluding hydrogens is 504 g/mol.